The molecule has 0 spiro atoms. The molecule has 92 valence electrons. The second kappa shape index (κ2) is 4.31. The van der Waals surface area contributed by atoms with E-state index in [0.717, 1.165) is 6.54 Å². The third-order valence-electron chi connectivity index (χ3n) is 2.91. The van der Waals surface area contributed by atoms with Crippen LogP contribution in [-0.4, -0.2) is 26.6 Å². The van der Waals surface area contributed by atoms with Crippen molar-refractivity contribution in [2.75, 3.05) is 0 Å². The number of ketones is 1. The number of hydrogen-bond acceptors (Lipinski definition) is 3. The Bertz CT molecular complexity index is 450. The molecule has 1 saturated carbocycles. The van der Waals surface area contributed by atoms with Crippen LogP contribution in [0.1, 0.15) is 30.6 Å². The number of carbonyl (C=O) groups excluding carboxylic acids is 1. The van der Waals surface area contributed by atoms with E-state index in [0.29, 0.717) is 17.9 Å². The molecule has 0 unspecified atom stereocenters. The van der Waals surface area contributed by atoms with Crippen molar-refractivity contribution < 1.29 is 14.7 Å². The Hall–Kier alpha value is -1.65. The molecule has 0 amide bonds. The van der Waals surface area contributed by atoms with Gasteiger partial charge in [-0.25, -0.2) is 0 Å². The number of Topliss-reactive ketones (excluding diaryl/α,β-unsaturated/α-hetero) is 1. The molecule has 0 radical (unpaired) electrons. The third-order valence-corrected chi connectivity index (χ3v) is 2.91. The van der Waals surface area contributed by atoms with Crippen LogP contribution in [-0.2, 0) is 11.3 Å². The van der Waals surface area contributed by atoms with Gasteiger partial charge in [0, 0.05) is 18.7 Å². The Morgan fingerprint density at radius 2 is 2.24 bits per heavy atom. The minimum Gasteiger partial charge on any atom is -0.481 e. The van der Waals surface area contributed by atoms with Crippen molar-refractivity contribution in [2.24, 2.45) is 17.8 Å². The van der Waals surface area contributed by atoms with Gasteiger partial charge in [-0.3, -0.25) is 14.3 Å². The van der Waals surface area contributed by atoms with E-state index >= 15 is 0 Å². The van der Waals surface area contributed by atoms with E-state index in [4.69, 9.17) is 5.11 Å². The quantitative estimate of drug-likeness (QED) is 0.785. The molecule has 0 saturated heterocycles. The van der Waals surface area contributed by atoms with Crippen molar-refractivity contribution in [3.8, 4) is 0 Å². The highest BCUT2D eigenvalue weighted by molar-refractivity contribution is 6.02. The van der Waals surface area contributed by atoms with E-state index in [-0.39, 0.29) is 11.7 Å². The number of nitrogens with zero attached hydrogens (tertiary/aromatic N) is 2. The first-order chi connectivity index (χ1) is 7.99. The second-order valence-corrected chi connectivity index (χ2v) is 5.00. The van der Waals surface area contributed by atoms with Gasteiger partial charge >= 0.3 is 5.97 Å². The molecule has 1 N–H and O–H groups in total. The van der Waals surface area contributed by atoms with E-state index in [1.165, 1.54) is 6.20 Å². The standard InChI is InChI=1S/C12H16N2O3/c1-7(2)5-14-6-8(4-13-14)11(15)9-3-10(9)12(16)17/h4,6-7,9-10H,3,5H2,1-2H3,(H,16,17)/t9-,10-/m1/s1. The van der Waals surface area contributed by atoms with Crippen molar-refractivity contribution in [3.63, 3.8) is 0 Å². The molecule has 1 aliphatic carbocycles. The van der Waals surface area contributed by atoms with Gasteiger partial charge in [-0.1, -0.05) is 13.8 Å². The maximum atomic E-state index is 11.9. The summed E-state index contributed by atoms with van der Waals surface area (Å²) in [6.07, 6.45) is 3.70. The normalized spacial score (nSPS) is 22.8. The highest BCUT2D eigenvalue weighted by atomic mass is 16.4. The maximum Gasteiger partial charge on any atom is 0.307 e. The SMILES string of the molecule is CC(C)Cn1cc(C(=O)[C@@H]2C[C@H]2C(=O)O)cn1. The first-order valence-electron chi connectivity index (χ1n) is 5.78. The van der Waals surface area contributed by atoms with Gasteiger partial charge in [0.05, 0.1) is 17.7 Å². The molecule has 2 atom stereocenters. The Labute approximate surface area is 99.4 Å². The predicted molar refractivity (Wildman–Crippen MR) is 60.6 cm³/mol. The molecule has 1 fully saturated rings. The summed E-state index contributed by atoms with van der Waals surface area (Å²) in [5, 5.41) is 12.9. The zero-order valence-corrected chi connectivity index (χ0v) is 9.96. The van der Waals surface area contributed by atoms with E-state index in [9.17, 15) is 9.59 Å². The van der Waals surface area contributed by atoms with Gasteiger partial charge in [0.25, 0.3) is 0 Å². The van der Waals surface area contributed by atoms with E-state index < -0.39 is 11.9 Å². The first-order valence-corrected chi connectivity index (χ1v) is 5.78. The average molecular weight is 236 g/mol. The molecule has 0 bridgehead atoms. The Morgan fingerprint density at radius 1 is 1.53 bits per heavy atom. The largest absolute Gasteiger partial charge is 0.481 e. The monoisotopic (exact) mass is 236 g/mol. The van der Waals surface area contributed by atoms with Crippen molar-refractivity contribution in [2.45, 2.75) is 26.8 Å². The zero-order chi connectivity index (χ0) is 12.6. The predicted octanol–water partition coefficient (Wildman–Crippen LogP) is 1.44. The molecular weight excluding hydrogens is 220 g/mol. The molecule has 0 aliphatic heterocycles. The Kier molecular flexibility index (Phi) is 3.00. The zero-order valence-electron chi connectivity index (χ0n) is 9.96. The molecule has 2 rings (SSSR count). The van der Waals surface area contributed by atoms with Crippen molar-refractivity contribution in [1.82, 2.24) is 9.78 Å². The second-order valence-electron chi connectivity index (χ2n) is 5.00. The fourth-order valence-electron chi connectivity index (χ4n) is 1.94. The van der Waals surface area contributed by atoms with Crippen LogP contribution in [0.4, 0.5) is 0 Å². The first kappa shape index (κ1) is 11.8. The fourth-order valence-corrected chi connectivity index (χ4v) is 1.94. The van der Waals surface area contributed by atoms with E-state index in [2.05, 4.69) is 18.9 Å². The third kappa shape index (κ3) is 2.54. The summed E-state index contributed by atoms with van der Waals surface area (Å²) in [5.41, 5.74) is 0.527. The van der Waals surface area contributed by atoms with Crippen molar-refractivity contribution >= 4 is 11.8 Å². The lowest BCUT2D eigenvalue weighted by Crippen LogP contribution is -2.08. The number of hydrogen-bond donors (Lipinski definition) is 1. The molecular formula is C12H16N2O3. The lowest BCUT2D eigenvalue weighted by atomic mass is 10.1. The van der Waals surface area contributed by atoms with Crippen LogP contribution in [0, 0.1) is 17.8 Å². The molecule has 1 aromatic rings. The lowest BCUT2D eigenvalue weighted by molar-refractivity contribution is -0.138. The number of carboxylic acid groups (broad SMARTS) is 1. The van der Waals surface area contributed by atoms with Gasteiger partial charge in [0.1, 0.15) is 0 Å². The minimum absolute atomic E-state index is 0.0904. The van der Waals surface area contributed by atoms with Crippen LogP contribution in [0.3, 0.4) is 0 Å². The Morgan fingerprint density at radius 3 is 2.76 bits per heavy atom. The number of rotatable bonds is 5. The summed E-state index contributed by atoms with van der Waals surface area (Å²) in [6, 6.07) is 0. The smallest absolute Gasteiger partial charge is 0.307 e. The van der Waals surface area contributed by atoms with Gasteiger partial charge < -0.3 is 5.11 Å². The maximum absolute atomic E-state index is 11.9. The molecule has 5 nitrogen and oxygen atoms in total. The highest BCUT2D eigenvalue weighted by Crippen LogP contribution is 2.41. The van der Waals surface area contributed by atoms with Gasteiger partial charge in [0.15, 0.2) is 5.78 Å². The number of aromatic nitrogens is 2. The highest BCUT2D eigenvalue weighted by Gasteiger charge is 2.48. The van der Waals surface area contributed by atoms with E-state index in [1.54, 1.807) is 10.9 Å². The summed E-state index contributed by atoms with van der Waals surface area (Å²) < 4.78 is 1.73. The van der Waals surface area contributed by atoms with Gasteiger partial charge in [0.2, 0.25) is 0 Å². The van der Waals surface area contributed by atoms with Crippen LogP contribution in [0.25, 0.3) is 0 Å². The van der Waals surface area contributed by atoms with Gasteiger partial charge in [-0.2, -0.15) is 5.10 Å². The van der Waals surface area contributed by atoms with Crippen molar-refractivity contribution in [3.05, 3.63) is 18.0 Å². The number of aliphatic carboxylic acids is 1. The summed E-state index contributed by atoms with van der Waals surface area (Å²) in [6.45, 7) is 4.91. The number of carbonyl (C=O) groups is 2. The molecule has 5 heteroatoms. The summed E-state index contributed by atoms with van der Waals surface area (Å²) in [4.78, 5) is 22.6. The lowest BCUT2D eigenvalue weighted by Gasteiger charge is -2.03. The van der Waals surface area contributed by atoms with Crippen molar-refractivity contribution in [1.29, 1.82) is 0 Å². The Balaban J connectivity index is 2.01. The molecule has 1 heterocycles. The van der Waals surface area contributed by atoms with Crippen LogP contribution < -0.4 is 0 Å². The fraction of sp³-hybridized carbons (Fsp3) is 0.583. The van der Waals surface area contributed by atoms with Gasteiger partial charge in [-0.15, -0.1) is 0 Å². The summed E-state index contributed by atoms with van der Waals surface area (Å²) in [7, 11) is 0. The molecule has 1 aromatic heterocycles. The summed E-state index contributed by atoms with van der Waals surface area (Å²) in [5.74, 6) is -1.34. The van der Waals surface area contributed by atoms with Crippen LogP contribution in [0.2, 0.25) is 0 Å². The number of carboxylic acids is 1. The average Bonchev–Trinajstić information content (AvgIpc) is 2.91. The molecule has 0 aromatic carbocycles. The summed E-state index contributed by atoms with van der Waals surface area (Å²) >= 11 is 0. The van der Waals surface area contributed by atoms with E-state index in [1.807, 2.05) is 0 Å². The molecule has 17 heavy (non-hydrogen) atoms. The van der Waals surface area contributed by atoms with Gasteiger partial charge in [-0.05, 0) is 12.3 Å². The minimum atomic E-state index is -0.877. The van der Waals surface area contributed by atoms with Crippen LogP contribution in [0.15, 0.2) is 12.4 Å². The topological polar surface area (TPSA) is 72.2 Å². The van der Waals surface area contributed by atoms with Crippen LogP contribution >= 0.6 is 0 Å². The van der Waals surface area contributed by atoms with Crippen LogP contribution in [0.5, 0.6) is 0 Å². The molecule has 1 aliphatic rings.